The number of methoxy groups -OCH3 is 2. The molecule has 1 aromatic heterocycles. The van der Waals surface area contributed by atoms with Crippen molar-refractivity contribution in [2.75, 3.05) is 27.4 Å². The summed E-state index contributed by atoms with van der Waals surface area (Å²) in [7, 11) is 3.31. The lowest BCUT2D eigenvalue weighted by molar-refractivity contribution is 0.0721. The van der Waals surface area contributed by atoms with E-state index < -0.39 is 0 Å². The van der Waals surface area contributed by atoms with Gasteiger partial charge in [-0.05, 0) is 19.4 Å². The molecule has 1 N–H and O–H groups in total. The summed E-state index contributed by atoms with van der Waals surface area (Å²) in [6.07, 6.45) is 0.779. The molecule has 0 fully saturated rings. The highest BCUT2D eigenvalue weighted by Crippen LogP contribution is 2.42. The van der Waals surface area contributed by atoms with Gasteiger partial charge in [-0.15, -0.1) is 0 Å². The molecule has 23 heavy (non-hydrogen) atoms. The highest BCUT2D eigenvalue weighted by molar-refractivity contribution is 5.98. The minimum atomic E-state index is -0.177. The van der Waals surface area contributed by atoms with Crippen LogP contribution in [0.2, 0.25) is 0 Å². The number of nitrogens with zero attached hydrogens (tertiary/aromatic N) is 2. The van der Waals surface area contributed by atoms with Crippen LogP contribution in [0.3, 0.4) is 0 Å². The smallest absolute Gasteiger partial charge is 0.275 e. The van der Waals surface area contributed by atoms with Crippen LogP contribution in [0.1, 0.15) is 39.8 Å². The molecule has 0 saturated heterocycles. The average Bonchev–Trinajstić information content (AvgIpc) is 3.07. The van der Waals surface area contributed by atoms with E-state index in [4.69, 9.17) is 9.47 Å². The van der Waals surface area contributed by atoms with Gasteiger partial charge in [-0.25, -0.2) is 0 Å². The van der Waals surface area contributed by atoms with Gasteiger partial charge >= 0.3 is 0 Å². The summed E-state index contributed by atoms with van der Waals surface area (Å²) in [5.41, 5.74) is 3.34. The molecule has 2 heterocycles. The van der Waals surface area contributed by atoms with Crippen LogP contribution in [-0.2, 0) is 4.74 Å². The molecule has 3 rings (SSSR count). The van der Waals surface area contributed by atoms with Gasteiger partial charge in [0.25, 0.3) is 5.91 Å². The Labute approximate surface area is 135 Å². The van der Waals surface area contributed by atoms with Crippen molar-refractivity contribution < 1.29 is 14.3 Å². The number of hydrogen-bond donors (Lipinski definition) is 1. The highest BCUT2D eigenvalue weighted by atomic mass is 16.5. The largest absolute Gasteiger partial charge is 0.496 e. The Kier molecular flexibility index (Phi) is 4.34. The van der Waals surface area contributed by atoms with E-state index in [0.29, 0.717) is 18.8 Å². The number of hydrogen-bond acceptors (Lipinski definition) is 4. The fourth-order valence-electron chi connectivity index (χ4n) is 3.17. The Hall–Kier alpha value is -2.34. The first-order valence-corrected chi connectivity index (χ1v) is 7.66. The molecule has 1 unspecified atom stereocenters. The van der Waals surface area contributed by atoms with Crippen molar-refractivity contribution in [3.8, 4) is 5.75 Å². The van der Waals surface area contributed by atoms with Crippen molar-refractivity contribution in [1.82, 2.24) is 15.1 Å². The van der Waals surface area contributed by atoms with Crippen molar-refractivity contribution in [2.24, 2.45) is 0 Å². The lowest BCUT2D eigenvalue weighted by Crippen LogP contribution is -2.31. The number of H-pyrrole nitrogens is 1. The first kappa shape index (κ1) is 15.6. The third-order valence-electron chi connectivity index (χ3n) is 4.22. The van der Waals surface area contributed by atoms with Crippen LogP contribution < -0.4 is 4.74 Å². The van der Waals surface area contributed by atoms with Crippen LogP contribution in [0.25, 0.3) is 0 Å². The van der Waals surface area contributed by atoms with Crippen LogP contribution in [-0.4, -0.2) is 48.4 Å². The number of benzene rings is 1. The molecule has 1 aliphatic heterocycles. The van der Waals surface area contributed by atoms with Gasteiger partial charge in [-0.3, -0.25) is 9.89 Å². The summed E-state index contributed by atoms with van der Waals surface area (Å²) in [6.45, 7) is 3.18. The second-order valence-corrected chi connectivity index (χ2v) is 5.60. The summed E-state index contributed by atoms with van der Waals surface area (Å²) in [5, 5.41) is 7.13. The zero-order valence-electron chi connectivity index (χ0n) is 13.6. The van der Waals surface area contributed by atoms with Crippen molar-refractivity contribution in [3.63, 3.8) is 0 Å². The monoisotopic (exact) mass is 315 g/mol. The van der Waals surface area contributed by atoms with Gasteiger partial charge < -0.3 is 14.4 Å². The number of para-hydroxylation sites is 1. The van der Waals surface area contributed by atoms with Gasteiger partial charge in [-0.2, -0.15) is 5.10 Å². The first-order chi connectivity index (χ1) is 11.2. The summed E-state index contributed by atoms with van der Waals surface area (Å²) in [5.74, 6) is 0.729. The summed E-state index contributed by atoms with van der Waals surface area (Å²) in [4.78, 5) is 14.6. The van der Waals surface area contributed by atoms with Crippen molar-refractivity contribution in [3.05, 3.63) is 46.8 Å². The van der Waals surface area contributed by atoms with Crippen molar-refractivity contribution >= 4 is 5.91 Å². The Morgan fingerprint density at radius 3 is 2.83 bits per heavy atom. The Bertz CT molecular complexity index is 711. The van der Waals surface area contributed by atoms with Gasteiger partial charge in [-0.1, -0.05) is 18.2 Å². The van der Waals surface area contributed by atoms with Crippen LogP contribution >= 0.6 is 0 Å². The summed E-state index contributed by atoms with van der Waals surface area (Å²) in [6, 6.07) is 7.63. The summed E-state index contributed by atoms with van der Waals surface area (Å²) >= 11 is 0. The van der Waals surface area contributed by atoms with Crippen LogP contribution in [0.5, 0.6) is 5.75 Å². The maximum absolute atomic E-state index is 12.7. The second-order valence-electron chi connectivity index (χ2n) is 5.60. The molecule has 1 aromatic carbocycles. The number of fused-ring (bicyclic) bond motifs is 1. The van der Waals surface area contributed by atoms with E-state index >= 15 is 0 Å². The number of aromatic amines is 1. The molecule has 2 aromatic rings. The fraction of sp³-hybridized carbons (Fsp3) is 0.412. The topological polar surface area (TPSA) is 67.5 Å². The molecule has 0 aliphatic carbocycles. The van der Waals surface area contributed by atoms with E-state index in [0.717, 1.165) is 29.0 Å². The lowest BCUT2D eigenvalue weighted by Gasteiger charge is -2.27. The number of amides is 1. The average molecular weight is 315 g/mol. The number of ether oxygens (including phenoxy) is 2. The molecule has 0 radical (unpaired) electrons. The first-order valence-electron chi connectivity index (χ1n) is 7.66. The Morgan fingerprint density at radius 1 is 1.30 bits per heavy atom. The number of aryl methyl sites for hydroxylation is 1. The fourth-order valence-corrected chi connectivity index (χ4v) is 3.17. The Balaban J connectivity index is 2.04. The molecule has 1 atom stereocenters. The van der Waals surface area contributed by atoms with Crippen molar-refractivity contribution in [1.29, 1.82) is 0 Å². The predicted molar refractivity (Wildman–Crippen MR) is 85.7 cm³/mol. The number of carbonyl (C=O) groups excluding carboxylic acids is 1. The Morgan fingerprint density at radius 2 is 2.09 bits per heavy atom. The van der Waals surface area contributed by atoms with Crippen LogP contribution in [0.15, 0.2) is 24.3 Å². The molecular weight excluding hydrogens is 294 g/mol. The SMILES string of the molecule is COCCCN1C(=O)c2n[nH]c(C)c2C1c1ccccc1OC. The van der Waals surface area contributed by atoms with E-state index in [2.05, 4.69) is 10.2 Å². The van der Waals surface area contributed by atoms with E-state index in [9.17, 15) is 4.79 Å². The van der Waals surface area contributed by atoms with Gasteiger partial charge in [0.05, 0.1) is 13.2 Å². The minimum Gasteiger partial charge on any atom is -0.496 e. The molecule has 1 amide bonds. The number of nitrogens with one attached hydrogen (secondary N) is 1. The van der Waals surface area contributed by atoms with E-state index in [1.807, 2.05) is 36.1 Å². The number of aromatic nitrogens is 2. The number of carbonyl (C=O) groups is 1. The molecule has 0 bridgehead atoms. The highest BCUT2D eigenvalue weighted by Gasteiger charge is 2.42. The van der Waals surface area contributed by atoms with Crippen LogP contribution in [0.4, 0.5) is 0 Å². The maximum Gasteiger partial charge on any atom is 0.275 e. The number of rotatable bonds is 6. The molecule has 6 heteroatoms. The second kappa shape index (κ2) is 6.42. The standard InChI is InChI=1S/C17H21N3O3/c1-11-14-15(19-18-11)17(21)20(9-6-10-22-2)16(14)12-7-4-5-8-13(12)23-3/h4-5,7-8,16H,6,9-10H2,1-3H3,(H,18,19). The predicted octanol–water partition coefficient (Wildman–Crippen LogP) is 2.31. The van der Waals surface area contributed by atoms with Crippen molar-refractivity contribution in [2.45, 2.75) is 19.4 Å². The van der Waals surface area contributed by atoms with Gasteiger partial charge in [0.2, 0.25) is 0 Å². The third-order valence-corrected chi connectivity index (χ3v) is 4.22. The van der Waals surface area contributed by atoms with E-state index in [1.165, 1.54) is 0 Å². The molecular formula is C17H21N3O3. The third kappa shape index (κ3) is 2.59. The van der Waals surface area contributed by atoms with E-state index in [1.54, 1.807) is 14.2 Å². The zero-order chi connectivity index (χ0) is 16.4. The molecule has 0 spiro atoms. The molecule has 0 saturated carbocycles. The van der Waals surface area contributed by atoms with E-state index in [-0.39, 0.29) is 11.9 Å². The quantitative estimate of drug-likeness (QED) is 0.831. The molecule has 6 nitrogen and oxygen atoms in total. The normalized spacial score (nSPS) is 16.7. The maximum atomic E-state index is 12.7. The summed E-state index contributed by atoms with van der Waals surface area (Å²) < 4.78 is 10.6. The molecule has 122 valence electrons. The zero-order valence-corrected chi connectivity index (χ0v) is 13.6. The minimum absolute atomic E-state index is 0.0450. The van der Waals surface area contributed by atoms with Gasteiger partial charge in [0, 0.05) is 37.1 Å². The molecule has 1 aliphatic rings. The van der Waals surface area contributed by atoms with Gasteiger partial charge in [0.15, 0.2) is 5.69 Å². The lowest BCUT2D eigenvalue weighted by atomic mass is 9.98. The van der Waals surface area contributed by atoms with Gasteiger partial charge in [0.1, 0.15) is 5.75 Å². The van der Waals surface area contributed by atoms with Crippen LogP contribution in [0, 0.1) is 6.92 Å².